The van der Waals surface area contributed by atoms with Crippen molar-refractivity contribution < 1.29 is 74.1 Å². The fourth-order valence-corrected chi connectivity index (χ4v) is 8.06. The Morgan fingerprint density at radius 2 is 1.21 bits per heavy atom. The number of aliphatic hydroxyl groups is 8. The van der Waals surface area contributed by atoms with Crippen molar-refractivity contribution in [3.63, 3.8) is 0 Å². The average Bonchev–Trinajstić information content (AvgIpc) is 3.13. The topological polar surface area (TPSA) is 320 Å². The van der Waals surface area contributed by atoms with Crippen LogP contribution in [0.15, 0.2) is 0 Å². The molecular weight excluding hydrogens is 690 g/mol. The van der Waals surface area contributed by atoms with Gasteiger partial charge in [0.05, 0.1) is 37.9 Å². The van der Waals surface area contributed by atoms with Crippen molar-refractivity contribution in [3.05, 3.63) is 0 Å². The number of carbonyl (C=O) groups excluding carboxylic acids is 2. The smallest absolute Gasteiger partial charge is 0.192 e. The van der Waals surface area contributed by atoms with E-state index in [1.54, 1.807) is 0 Å². The molecule has 3 heterocycles. The van der Waals surface area contributed by atoms with E-state index < -0.39 is 135 Å². The number of ether oxygens (including phenoxy) is 5. The molecule has 4 aliphatic rings. The number of hydrogen-bond donors (Lipinski definition) is 11. The Bertz CT molecular complexity index is 1170. The van der Waals surface area contributed by atoms with Crippen LogP contribution in [0.25, 0.3) is 0 Å². The van der Waals surface area contributed by atoms with Crippen LogP contribution in [0.3, 0.4) is 0 Å². The van der Waals surface area contributed by atoms with Crippen molar-refractivity contribution in [3.8, 4) is 0 Å². The van der Waals surface area contributed by atoms with E-state index >= 15 is 0 Å². The lowest BCUT2D eigenvalue weighted by atomic mass is 9.57. The van der Waals surface area contributed by atoms with Crippen LogP contribution in [0.2, 0.25) is 0 Å². The zero-order valence-corrected chi connectivity index (χ0v) is 29.9. The minimum Gasteiger partial charge on any atom is -0.394 e. The fourth-order valence-electron chi connectivity index (χ4n) is 8.06. The molecule has 0 aromatic carbocycles. The van der Waals surface area contributed by atoms with Crippen molar-refractivity contribution in [2.24, 2.45) is 17.2 Å². The SMILES string of the molecule is CCCCCCCCCCCC[C@@]1(O)[C@@H](N)[C@@H](OC2[C@@H](CO)O[C@@H](OC3[C@@H](CO)O[C@@H](O)[C@H](N)[C@H]3O)[C@H](N)[C@H]2O)O[C@@]2(CO)C(=O)CCC(=O)[C@]21O. The molecular formula is C34H61N3O15. The third kappa shape index (κ3) is 8.14. The summed E-state index contributed by atoms with van der Waals surface area (Å²) in [4.78, 5) is 26.9. The van der Waals surface area contributed by atoms with Crippen LogP contribution in [0.1, 0.15) is 90.4 Å². The average molecular weight is 752 g/mol. The first-order valence-corrected chi connectivity index (χ1v) is 18.6. The second-order valence-electron chi connectivity index (χ2n) is 14.7. The highest BCUT2D eigenvalue weighted by Crippen LogP contribution is 2.51. The summed E-state index contributed by atoms with van der Waals surface area (Å²) in [6.07, 6.45) is -5.58. The largest absolute Gasteiger partial charge is 0.394 e. The summed E-state index contributed by atoms with van der Waals surface area (Å²) >= 11 is 0. The van der Waals surface area contributed by atoms with Gasteiger partial charge in [-0.3, -0.25) is 9.59 Å². The van der Waals surface area contributed by atoms with Crippen LogP contribution in [0.4, 0.5) is 0 Å². The summed E-state index contributed by atoms with van der Waals surface area (Å²) in [6, 6.07) is -4.54. The number of aliphatic hydroxyl groups excluding tert-OH is 6. The van der Waals surface area contributed by atoms with Crippen molar-refractivity contribution in [2.75, 3.05) is 19.8 Å². The molecule has 18 nitrogen and oxygen atoms in total. The van der Waals surface area contributed by atoms with Gasteiger partial charge < -0.3 is 81.7 Å². The molecule has 3 aliphatic heterocycles. The summed E-state index contributed by atoms with van der Waals surface area (Å²) < 4.78 is 28.7. The highest BCUT2D eigenvalue weighted by molar-refractivity contribution is 6.06. The van der Waals surface area contributed by atoms with E-state index in [1.165, 1.54) is 12.8 Å². The van der Waals surface area contributed by atoms with Crippen LogP contribution in [-0.2, 0) is 33.3 Å². The van der Waals surface area contributed by atoms with Crippen molar-refractivity contribution in [1.29, 1.82) is 0 Å². The Morgan fingerprint density at radius 3 is 1.77 bits per heavy atom. The minimum absolute atomic E-state index is 0.262. The van der Waals surface area contributed by atoms with Gasteiger partial charge in [-0.15, -0.1) is 0 Å². The molecule has 0 aromatic rings. The standard InChI is InChI=1S/C34H61N3O15/c1-2-3-4-5-6-7-8-9-10-11-14-32(46)28(37)31(52-33(17-40)20(41)12-13-21(42)34(32,33)47)51-27-19(16-39)49-30(23(36)25(27)44)50-26-18(15-38)48-29(45)22(35)24(26)43/h18-19,22-31,38-40,43-47H,2-17,35-37H2,1H3/t18-,19-,22-,23-,24-,25-,26?,27?,28+,29-,30+,31+,32-,33+,34-/m1/s1. The summed E-state index contributed by atoms with van der Waals surface area (Å²) in [6.45, 7) is -0.578. The predicted molar refractivity (Wildman–Crippen MR) is 180 cm³/mol. The summed E-state index contributed by atoms with van der Waals surface area (Å²) in [5, 5.41) is 86.9. The van der Waals surface area contributed by atoms with Crippen molar-refractivity contribution in [1.82, 2.24) is 0 Å². The maximum atomic E-state index is 13.5. The molecule has 52 heavy (non-hydrogen) atoms. The van der Waals surface area contributed by atoms with Gasteiger partial charge in [-0.25, -0.2) is 0 Å². The number of carbonyl (C=O) groups is 2. The Labute approximate surface area is 303 Å². The zero-order valence-electron chi connectivity index (χ0n) is 29.9. The molecule has 18 heteroatoms. The zero-order chi connectivity index (χ0) is 38.4. The van der Waals surface area contributed by atoms with E-state index in [0.29, 0.717) is 12.8 Å². The first kappa shape index (κ1) is 43.4. The number of rotatable bonds is 18. The van der Waals surface area contributed by atoms with E-state index in [4.69, 9.17) is 40.9 Å². The quantitative estimate of drug-likeness (QED) is 0.0610. The van der Waals surface area contributed by atoms with Gasteiger partial charge in [0.2, 0.25) is 0 Å². The maximum absolute atomic E-state index is 13.5. The molecule has 15 atom stereocenters. The monoisotopic (exact) mass is 751 g/mol. The molecule has 3 saturated heterocycles. The molecule has 302 valence electrons. The normalized spacial score (nSPS) is 44.2. The molecule has 1 aliphatic carbocycles. The van der Waals surface area contributed by atoms with E-state index in [0.717, 1.165) is 38.5 Å². The van der Waals surface area contributed by atoms with Crippen molar-refractivity contribution in [2.45, 2.75) is 181 Å². The number of Topliss-reactive ketones (excluding diaryl/α,β-unsaturated/α-hetero) is 2. The summed E-state index contributed by atoms with van der Waals surface area (Å²) in [5.74, 6) is -1.79. The molecule has 4 rings (SSSR count). The van der Waals surface area contributed by atoms with Crippen LogP contribution < -0.4 is 17.2 Å². The molecule has 14 N–H and O–H groups in total. The lowest BCUT2D eigenvalue weighted by Crippen LogP contribution is -2.87. The minimum atomic E-state index is -2.93. The van der Waals surface area contributed by atoms with E-state index in [1.807, 2.05) is 0 Å². The van der Waals surface area contributed by atoms with Gasteiger partial charge in [0, 0.05) is 12.8 Å². The molecule has 1 saturated carbocycles. The summed E-state index contributed by atoms with van der Waals surface area (Å²) in [7, 11) is 0. The van der Waals surface area contributed by atoms with Crippen LogP contribution in [-0.4, -0.2) is 163 Å². The third-order valence-electron chi connectivity index (χ3n) is 11.3. The second kappa shape index (κ2) is 18.6. The van der Waals surface area contributed by atoms with Gasteiger partial charge in [-0.2, -0.15) is 0 Å². The highest BCUT2D eigenvalue weighted by atomic mass is 16.7. The maximum Gasteiger partial charge on any atom is 0.192 e. The number of unbranched alkanes of at least 4 members (excludes halogenated alkanes) is 9. The second-order valence-corrected chi connectivity index (χ2v) is 14.7. The Balaban J connectivity index is 1.52. The first-order chi connectivity index (χ1) is 24.7. The van der Waals surface area contributed by atoms with Crippen LogP contribution >= 0.6 is 0 Å². The van der Waals surface area contributed by atoms with Crippen LogP contribution in [0.5, 0.6) is 0 Å². The van der Waals surface area contributed by atoms with Gasteiger partial charge >= 0.3 is 0 Å². The molecule has 0 bridgehead atoms. The Kier molecular flexibility index (Phi) is 15.5. The third-order valence-corrected chi connectivity index (χ3v) is 11.3. The molecule has 4 fully saturated rings. The van der Waals surface area contributed by atoms with E-state index in [2.05, 4.69) is 6.92 Å². The Hall–Kier alpha value is -1.30. The lowest BCUT2D eigenvalue weighted by Gasteiger charge is -2.61. The molecule has 0 radical (unpaired) electrons. The number of hydrogen-bond acceptors (Lipinski definition) is 18. The first-order valence-electron chi connectivity index (χ1n) is 18.6. The number of nitrogens with two attached hydrogens (primary N) is 3. The van der Waals surface area contributed by atoms with Crippen molar-refractivity contribution >= 4 is 11.6 Å². The van der Waals surface area contributed by atoms with E-state index in [9.17, 15) is 50.4 Å². The van der Waals surface area contributed by atoms with Gasteiger partial charge in [0.15, 0.2) is 41.6 Å². The van der Waals surface area contributed by atoms with E-state index in [-0.39, 0.29) is 6.42 Å². The Morgan fingerprint density at radius 1 is 0.712 bits per heavy atom. The molecule has 0 amide bonds. The predicted octanol–water partition coefficient (Wildman–Crippen LogP) is -3.32. The van der Waals surface area contributed by atoms with Gasteiger partial charge in [-0.05, 0) is 6.42 Å². The molecule has 2 unspecified atom stereocenters. The molecule has 0 aromatic heterocycles. The molecule has 0 spiro atoms. The fraction of sp³-hybridized carbons (Fsp3) is 0.941. The van der Waals surface area contributed by atoms with Gasteiger partial charge in [0.1, 0.15) is 42.2 Å². The number of ketones is 2. The summed E-state index contributed by atoms with van der Waals surface area (Å²) in [5.41, 5.74) is 10.5. The van der Waals surface area contributed by atoms with Gasteiger partial charge in [-0.1, -0.05) is 71.1 Å². The van der Waals surface area contributed by atoms with Crippen LogP contribution in [0, 0.1) is 0 Å². The highest BCUT2D eigenvalue weighted by Gasteiger charge is 2.77. The number of fused-ring (bicyclic) bond motifs is 1. The lowest BCUT2D eigenvalue weighted by molar-refractivity contribution is -0.379. The van der Waals surface area contributed by atoms with Gasteiger partial charge in [0.25, 0.3) is 0 Å².